The quantitative estimate of drug-likeness (QED) is 0.389. The maximum atomic E-state index is 13.9. The molecule has 1 aromatic heterocycles. The summed E-state index contributed by atoms with van der Waals surface area (Å²) in [6.07, 6.45) is 0.385. The Balaban J connectivity index is 1.42. The number of hydrogen-bond acceptors (Lipinski definition) is 5. The summed E-state index contributed by atoms with van der Waals surface area (Å²) >= 11 is 1.63. The van der Waals surface area contributed by atoms with Gasteiger partial charge in [0.1, 0.15) is 5.01 Å². The third-order valence-corrected chi connectivity index (χ3v) is 7.65. The predicted octanol–water partition coefficient (Wildman–Crippen LogP) is 4.94. The Morgan fingerprint density at radius 2 is 1.62 bits per heavy atom. The van der Waals surface area contributed by atoms with Crippen molar-refractivity contribution in [3.05, 3.63) is 101 Å². The monoisotopic (exact) mass is 470 g/mol. The van der Waals surface area contributed by atoms with Crippen molar-refractivity contribution in [2.75, 3.05) is 13.7 Å². The number of carbonyl (C=O) groups is 2. The summed E-state index contributed by atoms with van der Waals surface area (Å²) in [7, 11) is 1.91. The van der Waals surface area contributed by atoms with Gasteiger partial charge in [0.15, 0.2) is 5.54 Å². The molecule has 0 radical (unpaired) electrons. The van der Waals surface area contributed by atoms with Crippen LogP contribution < -0.4 is 5.32 Å². The maximum absolute atomic E-state index is 13.9. The van der Waals surface area contributed by atoms with Gasteiger partial charge in [0.25, 0.3) is 5.91 Å². The lowest BCUT2D eigenvalue weighted by Crippen LogP contribution is -2.47. The molecule has 1 aliphatic rings. The van der Waals surface area contributed by atoms with E-state index in [2.05, 4.69) is 11.4 Å². The third kappa shape index (κ3) is 3.97. The molecule has 0 bridgehead atoms. The van der Waals surface area contributed by atoms with E-state index in [9.17, 15) is 9.59 Å². The highest BCUT2D eigenvalue weighted by Crippen LogP contribution is 2.34. The Bertz CT molecular complexity index is 1290. The molecular weight excluding hydrogens is 444 g/mol. The number of rotatable bonds is 7. The first-order valence-electron chi connectivity index (χ1n) is 11.3. The highest BCUT2D eigenvalue weighted by atomic mass is 32.1. The maximum Gasteiger partial charge on any atom is 0.326 e. The highest BCUT2D eigenvalue weighted by molar-refractivity contribution is 7.18. The summed E-state index contributed by atoms with van der Waals surface area (Å²) in [5.74, 6) is -0.240. The Labute approximate surface area is 202 Å². The van der Waals surface area contributed by atoms with Crippen LogP contribution in [-0.2, 0) is 16.8 Å². The van der Waals surface area contributed by atoms with Gasteiger partial charge in [0.05, 0.1) is 22.9 Å². The second-order valence-corrected chi connectivity index (χ2v) is 9.75. The van der Waals surface area contributed by atoms with E-state index in [4.69, 9.17) is 4.98 Å². The number of urea groups is 1. The molecule has 1 fully saturated rings. The van der Waals surface area contributed by atoms with Gasteiger partial charge in [0, 0.05) is 6.42 Å². The molecule has 3 aromatic carbocycles. The van der Waals surface area contributed by atoms with Gasteiger partial charge >= 0.3 is 6.03 Å². The zero-order chi connectivity index (χ0) is 23.7. The smallest absolute Gasteiger partial charge is 0.319 e. The number of fused-ring (bicyclic) bond motifs is 1. The fraction of sp³-hybridized carbons (Fsp3) is 0.222. The number of para-hydroxylation sites is 1. The second kappa shape index (κ2) is 9.00. The molecule has 0 spiro atoms. The van der Waals surface area contributed by atoms with Crippen LogP contribution in [-0.4, -0.2) is 40.4 Å². The molecule has 0 unspecified atom stereocenters. The summed E-state index contributed by atoms with van der Waals surface area (Å²) in [5, 5.41) is 3.99. The minimum absolute atomic E-state index is 0.0566. The lowest BCUT2D eigenvalue weighted by atomic mass is 9.83. The van der Waals surface area contributed by atoms with E-state index in [1.54, 1.807) is 11.3 Å². The van der Waals surface area contributed by atoms with Crippen LogP contribution in [0.1, 0.15) is 29.1 Å². The van der Waals surface area contributed by atoms with Crippen LogP contribution >= 0.6 is 11.3 Å². The van der Waals surface area contributed by atoms with Crippen molar-refractivity contribution >= 4 is 33.5 Å². The summed E-state index contributed by atoms with van der Waals surface area (Å²) in [6, 6.07) is 26.9. The van der Waals surface area contributed by atoms with Crippen molar-refractivity contribution in [1.29, 1.82) is 0 Å². The highest BCUT2D eigenvalue weighted by Gasteiger charge is 2.52. The molecule has 172 valence electrons. The van der Waals surface area contributed by atoms with Crippen LogP contribution in [0.2, 0.25) is 0 Å². The molecule has 7 heteroatoms. The van der Waals surface area contributed by atoms with Crippen LogP contribution in [0, 0.1) is 0 Å². The lowest BCUT2D eigenvalue weighted by molar-refractivity contribution is -0.133. The number of imide groups is 1. The number of thiazole rings is 1. The Kier molecular flexibility index (Phi) is 5.89. The van der Waals surface area contributed by atoms with Gasteiger partial charge in [0.2, 0.25) is 0 Å². The molecule has 5 rings (SSSR count). The normalized spacial score (nSPS) is 19.1. The van der Waals surface area contributed by atoms with Crippen LogP contribution in [0.15, 0.2) is 84.9 Å². The zero-order valence-corrected chi connectivity index (χ0v) is 20.0. The van der Waals surface area contributed by atoms with Crippen LogP contribution in [0.3, 0.4) is 0 Å². The first-order chi connectivity index (χ1) is 16.5. The minimum atomic E-state index is -1.14. The van der Waals surface area contributed by atoms with Gasteiger partial charge in [-0.05, 0) is 37.2 Å². The average molecular weight is 471 g/mol. The summed E-state index contributed by atoms with van der Waals surface area (Å²) in [4.78, 5) is 35.1. The van der Waals surface area contributed by atoms with Crippen LogP contribution in [0.4, 0.5) is 4.79 Å². The number of hydrogen-bond donors (Lipinski definition) is 1. The lowest BCUT2D eigenvalue weighted by Gasteiger charge is -2.29. The van der Waals surface area contributed by atoms with Crippen molar-refractivity contribution < 1.29 is 9.59 Å². The SMILES string of the molecule is C[C@@H](c1nc2ccccc2s1)N(C)CN1C(=O)N[C@@](Cc2ccccc2)(c2ccccc2)C1=O. The predicted molar refractivity (Wildman–Crippen MR) is 134 cm³/mol. The number of benzene rings is 3. The van der Waals surface area contributed by atoms with E-state index in [1.807, 2.05) is 97.7 Å². The first-order valence-corrected chi connectivity index (χ1v) is 12.1. The van der Waals surface area contributed by atoms with Crippen molar-refractivity contribution in [2.45, 2.75) is 24.9 Å². The Morgan fingerprint density at radius 1 is 0.971 bits per heavy atom. The molecule has 0 saturated carbocycles. The number of amides is 3. The average Bonchev–Trinajstić information content (AvgIpc) is 3.40. The van der Waals surface area contributed by atoms with E-state index in [1.165, 1.54) is 4.90 Å². The molecule has 1 N–H and O–H groups in total. The number of nitrogens with one attached hydrogen (secondary N) is 1. The molecule has 1 saturated heterocycles. The number of carbonyl (C=O) groups excluding carboxylic acids is 2. The fourth-order valence-corrected chi connectivity index (χ4v) is 5.48. The minimum Gasteiger partial charge on any atom is -0.319 e. The van der Waals surface area contributed by atoms with E-state index in [-0.39, 0.29) is 24.6 Å². The standard InChI is InChI=1S/C27H26N4O2S/c1-19(24-28-22-15-9-10-16-23(22)34-24)30(2)18-31-25(32)27(29-26(31)33,21-13-7-4-8-14-21)17-20-11-5-3-6-12-20/h3-16,19H,17-18H2,1-2H3,(H,29,33)/t19-,27-/m0/s1. The molecule has 3 amide bonds. The molecular formula is C27H26N4O2S. The van der Waals surface area contributed by atoms with Gasteiger partial charge in [-0.2, -0.15) is 0 Å². The van der Waals surface area contributed by atoms with E-state index in [0.717, 1.165) is 26.4 Å². The second-order valence-electron chi connectivity index (χ2n) is 8.69. The van der Waals surface area contributed by atoms with Crippen LogP contribution in [0.25, 0.3) is 10.2 Å². The van der Waals surface area contributed by atoms with Crippen LogP contribution in [0.5, 0.6) is 0 Å². The van der Waals surface area contributed by atoms with Crippen molar-refractivity contribution in [3.8, 4) is 0 Å². The summed E-state index contributed by atoms with van der Waals surface area (Å²) in [5.41, 5.74) is 1.59. The Hall–Kier alpha value is -3.55. The molecule has 4 aromatic rings. The van der Waals surface area contributed by atoms with E-state index in [0.29, 0.717) is 6.42 Å². The first kappa shape index (κ1) is 22.3. The van der Waals surface area contributed by atoms with Crippen molar-refractivity contribution in [1.82, 2.24) is 20.1 Å². The molecule has 34 heavy (non-hydrogen) atoms. The van der Waals surface area contributed by atoms with Gasteiger partial charge in [-0.15, -0.1) is 11.3 Å². The molecule has 1 aliphatic heterocycles. The van der Waals surface area contributed by atoms with E-state index < -0.39 is 5.54 Å². The van der Waals surface area contributed by atoms with Gasteiger partial charge in [-0.25, -0.2) is 14.7 Å². The molecule has 6 nitrogen and oxygen atoms in total. The van der Waals surface area contributed by atoms with Gasteiger partial charge in [-0.3, -0.25) is 9.69 Å². The molecule has 2 atom stereocenters. The Morgan fingerprint density at radius 3 is 2.32 bits per heavy atom. The fourth-order valence-electron chi connectivity index (χ4n) is 4.40. The van der Waals surface area contributed by atoms with Crippen molar-refractivity contribution in [3.63, 3.8) is 0 Å². The largest absolute Gasteiger partial charge is 0.326 e. The van der Waals surface area contributed by atoms with Crippen molar-refractivity contribution in [2.24, 2.45) is 0 Å². The van der Waals surface area contributed by atoms with Gasteiger partial charge < -0.3 is 5.32 Å². The number of nitrogens with zero attached hydrogens (tertiary/aromatic N) is 3. The number of aromatic nitrogens is 1. The molecule has 2 heterocycles. The summed E-state index contributed by atoms with van der Waals surface area (Å²) < 4.78 is 1.12. The topological polar surface area (TPSA) is 65.5 Å². The van der Waals surface area contributed by atoms with E-state index >= 15 is 0 Å². The third-order valence-electron chi connectivity index (χ3n) is 6.45. The zero-order valence-electron chi connectivity index (χ0n) is 19.1. The van der Waals surface area contributed by atoms with Gasteiger partial charge in [-0.1, -0.05) is 72.8 Å². The summed E-state index contributed by atoms with van der Waals surface area (Å²) in [6.45, 7) is 2.22. The molecule has 0 aliphatic carbocycles.